The average Bonchev–Trinajstić information content (AvgIpc) is 3.02. The third-order valence-electron chi connectivity index (χ3n) is 4.93. The fraction of sp³-hybridized carbons (Fsp3) is 0.304. The topological polar surface area (TPSA) is 76.2 Å². The molecule has 1 aromatic heterocycles. The van der Waals surface area contributed by atoms with Crippen molar-refractivity contribution in [3.05, 3.63) is 77.6 Å². The Kier molecular flexibility index (Phi) is 9.05. The number of nitrogens with one attached hydrogen (secondary N) is 1. The number of para-hydroxylation sites is 1. The fourth-order valence-electron chi connectivity index (χ4n) is 3.41. The van der Waals surface area contributed by atoms with Crippen molar-refractivity contribution in [2.75, 3.05) is 31.5 Å². The number of carbonyl (C=O) groups is 1. The number of nitrogens with two attached hydrogens (primary N) is 1. The largest absolute Gasteiger partial charge is 0.329 e. The summed E-state index contributed by atoms with van der Waals surface area (Å²) in [7, 11) is 0. The van der Waals surface area contributed by atoms with Gasteiger partial charge in [0.2, 0.25) is 5.91 Å². The molecule has 1 heterocycles. The lowest BCUT2D eigenvalue weighted by molar-refractivity contribution is -0.117. The Morgan fingerprint density at radius 3 is 2.30 bits per heavy atom. The van der Waals surface area contributed by atoms with Crippen molar-refractivity contribution in [3.63, 3.8) is 0 Å². The summed E-state index contributed by atoms with van der Waals surface area (Å²) >= 11 is 0. The van der Waals surface area contributed by atoms with E-state index >= 15 is 0 Å². The number of carbonyl (C=O) groups excluding carboxylic acids is 1. The van der Waals surface area contributed by atoms with Gasteiger partial charge >= 0.3 is 0 Å². The Bertz CT molecular complexity index is 928. The lowest BCUT2D eigenvalue weighted by Crippen LogP contribution is -2.38. The van der Waals surface area contributed by atoms with Gasteiger partial charge in [0.05, 0.1) is 29.3 Å². The van der Waals surface area contributed by atoms with Crippen molar-refractivity contribution < 1.29 is 4.79 Å². The van der Waals surface area contributed by atoms with Gasteiger partial charge in [-0.25, -0.2) is 4.68 Å². The molecule has 0 saturated heterocycles. The normalized spacial score (nSPS) is 10.7. The molecule has 0 unspecified atom stereocenters. The smallest absolute Gasteiger partial charge is 0.238 e. The van der Waals surface area contributed by atoms with Gasteiger partial charge < -0.3 is 11.1 Å². The Morgan fingerprint density at radius 2 is 1.67 bits per heavy atom. The third kappa shape index (κ3) is 6.16. The molecule has 0 radical (unpaired) electrons. The van der Waals surface area contributed by atoms with Crippen LogP contribution >= 0.6 is 12.4 Å². The zero-order valence-electron chi connectivity index (χ0n) is 17.5. The molecule has 0 spiro atoms. The molecule has 2 aromatic carbocycles. The van der Waals surface area contributed by atoms with E-state index in [4.69, 9.17) is 5.73 Å². The van der Waals surface area contributed by atoms with E-state index in [1.165, 1.54) is 5.56 Å². The molecule has 3 aromatic rings. The molecule has 3 N–H and O–H groups in total. The second kappa shape index (κ2) is 11.5. The molecule has 30 heavy (non-hydrogen) atoms. The first kappa shape index (κ1) is 23.6. The summed E-state index contributed by atoms with van der Waals surface area (Å²) in [6, 6.07) is 20.2. The van der Waals surface area contributed by atoms with Crippen LogP contribution in [0.2, 0.25) is 0 Å². The minimum atomic E-state index is -0.0506. The summed E-state index contributed by atoms with van der Waals surface area (Å²) in [6.45, 7) is 6.17. The Balaban J connectivity index is 0.00000320. The molecular weight excluding hydrogens is 398 g/mol. The molecule has 3 rings (SSSR count). The van der Waals surface area contributed by atoms with Gasteiger partial charge in [-0.05, 0) is 38.0 Å². The Hall–Kier alpha value is -2.67. The van der Waals surface area contributed by atoms with Gasteiger partial charge in [0.1, 0.15) is 0 Å². The number of amides is 1. The molecule has 0 aliphatic rings. The number of hydrogen-bond acceptors (Lipinski definition) is 4. The second-order valence-corrected chi connectivity index (χ2v) is 7.14. The number of anilines is 1. The third-order valence-corrected chi connectivity index (χ3v) is 4.93. The van der Waals surface area contributed by atoms with Crippen LogP contribution in [-0.2, 0) is 11.2 Å². The van der Waals surface area contributed by atoms with Crippen molar-refractivity contribution in [2.24, 2.45) is 5.73 Å². The van der Waals surface area contributed by atoms with E-state index in [9.17, 15) is 4.79 Å². The van der Waals surface area contributed by atoms with Crippen LogP contribution in [0.3, 0.4) is 0 Å². The maximum absolute atomic E-state index is 12.7. The molecule has 160 valence electrons. The van der Waals surface area contributed by atoms with Crippen LogP contribution in [0.25, 0.3) is 5.69 Å². The predicted octanol–water partition coefficient (Wildman–Crippen LogP) is 3.35. The maximum atomic E-state index is 12.7. The van der Waals surface area contributed by atoms with Crippen molar-refractivity contribution in [2.45, 2.75) is 20.3 Å². The SMILES string of the molecule is Cc1nn(-c2ccccc2)c(C)c1NC(=O)CN(CCN)CCc1ccccc1.Cl. The lowest BCUT2D eigenvalue weighted by atomic mass is 10.1. The van der Waals surface area contributed by atoms with E-state index in [1.807, 2.05) is 67.1 Å². The van der Waals surface area contributed by atoms with Gasteiger partial charge in [-0.3, -0.25) is 9.69 Å². The summed E-state index contributed by atoms with van der Waals surface area (Å²) in [5, 5.41) is 7.64. The highest BCUT2D eigenvalue weighted by atomic mass is 35.5. The zero-order valence-corrected chi connectivity index (χ0v) is 18.4. The standard InChI is InChI=1S/C23H29N5O.ClH/c1-18-23(19(2)28(26-18)21-11-7-4-8-12-21)25-22(29)17-27(16-14-24)15-13-20-9-5-3-6-10-20;/h3-12H,13-17,24H2,1-2H3,(H,25,29);1H. The van der Waals surface area contributed by atoms with Crippen molar-refractivity contribution in [1.29, 1.82) is 0 Å². The average molecular weight is 428 g/mol. The van der Waals surface area contributed by atoms with Crippen LogP contribution in [0.5, 0.6) is 0 Å². The van der Waals surface area contributed by atoms with E-state index < -0.39 is 0 Å². The van der Waals surface area contributed by atoms with Gasteiger partial charge in [-0.1, -0.05) is 48.5 Å². The number of halogens is 1. The minimum absolute atomic E-state index is 0. The maximum Gasteiger partial charge on any atom is 0.238 e. The Labute approximate surface area is 184 Å². The molecule has 0 bridgehead atoms. The summed E-state index contributed by atoms with van der Waals surface area (Å²) < 4.78 is 1.86. The summed E-state index contributed by atoms with van der Waals surface area (Å²) in [6.07, 6.45) is 0.887. The van der Waals surface area contributed by atoms with Crippen LogP contribution < -0.4 is 11.1 Å². The number of nitrogens with zero attached hydrogens (tertiary/aromatic N) is 3. The number of aryl methyl sites for hydroxylation is 1. The fourth-order valence-corrected chi connectivity index (χ4v) is 3.41. The minimum Gasteiger partial charge on any atom is -0.329 e. The first-order valence-electron chi connectivity index (χ1n) is 9.96. The molecular formula is C23H30ClN5O. The van der Waals surface area contributed by atoms with Gasteiger partial charge in [-0.15, -0.1) is 12.4 Å². The van der Waals surface area contributed by atoms with E-state index in [0.29, 0.717) is 19.6 Å². The number of benzene rings is 2. The van der Waals surface area contributed by atoms with Crippen LogP contribution in [0.1, 0.15) is 17.0 Å². The molecule has 0 atom stereocenters. The quantitative estimate of drug-likeness (QED) is 0.549. The van der Waals surface area contributed by atoms with Gasteiger partial charge in [0.25, 0.3) is 0 Å². The first-order valence-corrected chi connectivity index (χ1v) is 9.96. The highest BCUT2D eigenvalue weighted by molar-refractivity contribution is 5.93. The van der Waals surface area contributed by atoms with E-state index in [1.54, 1.807) is 0 Å². The molecule has 0 aliphatic carbocycles. The van der Waals surface area contributed by atoms with Crippen LogP contribution in [0.15, 0.2) is 60.7 Å². The van der Waals surface area contributed by atoms with E-state index in [-0.39, 0.29) is 18.3 Å². The van der Waals surface area contributed by atoms with Crippen LogP contribution in [0, 0.1) is 13.8 Å². The zero-order chi connectivity index (χ0) is 20.6. The number of hydrogen-bond donors (Lipinski definition) is 2. The highest BCUT2D eigenvalue weighted by Crippen LogP contribution is 2.22. The summed E-state index contributed by atoms with van der Waals surface area (Å²) in [5.41, 5.74) is 10.5. The lowest BCUT2D eigenvalue weighted by Gasteiger charge is -2.21. The van der Waals surface area contributed by atoms with E-state index in [0.717, 1.165) is 35.7 Å². The molecule has 1 amide bonds. The summed E-state index contributed by atoms with van der Waals surface area (Å²) in [4.78, 5) is 14.8. The van der Waals surface area contributed by atoms with Gasteiger partial charge in [-0.2, -0.15) is 5.10 Å². The van der Waals surface area contributed by atoms with Crippen molar-refractivity contribution in [3.8, 4) is 5.69 Å². The van der Waals surface area contributed by atoms with E-state index in [2.05, 4.69) is 27.4 Å². The van der Waals surface area contributed by atoms with Crippen molar-refractivity contribution in [1.82, 2.24) is 14.7 Å². The van der Waals surface area contributed by atoms with Crippen molar-refractivity contribution >= 4 is 24.0 Å². The monoisotopic (exact) mass is 427 g/mol. The van der Waals surface area contributed by atoms with Gasteiger partial charge in [0, 0.05) is 19.6 Å². The highest BCUT2D eigenvalue weighted by Gasteiger charge is 2.17. The molecule has 0 fully saturated rings. The molecule has 7 heteroatoms. The van der Waals surface area contributed by atoms with Crippen LogP contribution in [-0.4, -0.2) is 46.8 Å². The first-order chi connectivity index (χ1) is 14.1. The molecule has 0 aliphatic heterocycles. The Morgan fingerprint density at radius 1 is 1.03 bits per heavy atom. The van der Waals surface area contributed by atoms with Gasteiger partial charge in [0.15, 0.2) is 0 Å². The predicted molar refractivity (Wildman–Crippen MR) is 125 cm³/mol. The summed E-state index contributed by atoms with van der Waals surface area (Å²) in [5.74, 6) is -0.0506. The number of aromatic nitrogens is 2. The van der Waals surface area contributed by atoms with Crippen LogP contribution in [0.4, 0.5) is 5.69 Å². The number of rotatable bonds is 9. The molecule has 0 saturated carbocycles. The molecule has 6 nitrogen and oxygen atoms in total. The second-order valence-electron chi connectivity index (χ2n) is 7.14.